The highest BCUT2D eigenvalue weighted by molar-refractivity contribution is 5.84. The zero-order chi connectivity index (χ0) is 26.2. The van der Waals surface area contributed by atoms with E-state index in [9.17, 15) is 9.90 Å². The number of imidazole rings is 1. The summed E-state index contributed by atoms with van der Waals surface area (Å²) in [6.07, 6.45) is 5.27. The van der Waals surface area contributed by atoms with Crippen molar-refractivity contribution < 1.29 is 19.2 Å². The van der Waals surface area contributed by atoms with Gasteiger partial charge in [0.1, 0.15) is 23.6 Å². The van der Waals surface area contributed by atoms with Crippen LogP contribution < -0.4 is 10.6 Å². The Morgan fingerprint density at radius 2 is 2.13 bits per heavy atom. The Morgan fingerprint density at radius 3 is 2.89 bits per heavy atom. The van der Waals surface area contributed by atoms with Crippen LogP contribution in [0, 0.1) is 6.92 Å². The number of likely N-dealkylation sites (N-methyl/N-ethyl adjacent to an activating group) is 1. The van der Waals surface area contributed by atoms with Gasteiger partial charge < -0.3 is 25.0 Å². The largest absolute Gasteiger partial charge is 0.388 e. The van der Waals surface area contributed by atoms with Crippen LogP contribution >= 0.6 is 0 Å². The Labute approximate surface area is 214 Å². The van der Waals surface area contributed by atoms with Gasteiger partial charge in [0.05, 0.1) is 31.0 Å². The highest BCUT2D eigenvalue weighted by Crippen LogP contribution is 2.32. The second kappa shape index (κ2) is 9.56. The molecule has 3 N–H and O–H groups in total. The van der Waals surface area contributed by atoms with Crippen LogP contribution in [-0.2, 0) is 16.1 Å². The lowest BCUT2D eigenvalue weighted by Gasteiger charge is -2.17. The minimum absolute atomic E-state index is 0.127. The van der Waals surface area contributed by atoms with Gasteiger partial charge in [0, 0.05) is 31.9 Å². The van der Waals surface area contributed by atoms with Gasteiger partial charge in [-0.05, 0) is 6.92 Å². The molecule has 0 bridgehead atoms. The molecule has 5 aromatic heterocycles. The topological polar surface area (TPSA) is 197 Å². The molecule has 0 aliphatic carbocycles. The van der Waals surface area contributed by atoms with Crippen LogP contribution in [0.3, 0.4) is 0 Å². The summed E-state index contributed by atoms with van der Waals surface area (Å²) in [6, 6.07) is 1.80. The number of hydrogen-bond acceptors (Lipinski definition) is 13. The number of anilines is 1. The van der Waals surface area contributed by atoms with Crippen molar-refractivity contribution in [3.05, 3.63) is 48.6 Å². The van der Waals surface area contributed by atoms with Crippen molar-refractivity contribution in [1.82, 2.24) is 55.0 Å². The minimum atomic E-state index is -0.962. The van der Waals surface area contributed by atoms with Gasteiger partial charge >= 0.3 is 0 Å². The zero-order valence-electron chi connectivity index (χ0n) is 20.3. The first-order valence-electron chi connectivity index (χ1n) is 11.6. The lowest BCUT2D eigenvalue weighted by atomic mass is 10.2. The maximum atomic E-state index is 12.1. The van der Waals surface area contributed by atoms with Crippen molar-refractivity contribution in [2.75, 3.05) is 12.4 Å². The first kappa shape index (κ1) is 23.6. The average molecular weight is 518 g/mol. The van der Waals surface area contributed by atoms with Gasteiger partial charge in [-0.15, -0.1) is 5.10 Å². The molecule has 0 saturated carbocycles. The Balaban J connectivity index is 1.41. The third-order valence-corrected chi connectivity index (χ3v) is 5.94. The van der Waals surface area contributed by atoms with E-state index in [-0.39, 0.29) is 24.8 Å². The monoisotopic (exact) mass is 518 g/mol. The van der Waals surface area contributed by atoms with Crippen molar-refractivity contribution in [1.29, 1.82) is 0 Å². The summed E-state index contributed by atoms with van der Waals surface area (Å²) in [6.45, 7) is 2.11. The van der Waals surface area contributed by atoms with Gasteiger partial charge in [0.15, 0.2) is 29.0 Å². The van der Waals surface area contributed by atoms with Crippen molar-refractivity contribution in [2.24, 2.45) is 0 Å². The van der Waals surface area contributed by atoms with Gasteiger partial charge in [-0.3, -0.25) is 19.3 Å². The van der Waals surface area contributed by atoms with Crippen LogP contribution in [-0.4, -0.2) is 79.9 Å². The molecule has 1 fully saturated rings. The SMILES string of the molecule is CNC(=O)C1C[C@@H](O)C(n2cnc3c(NCc4cc(C)no4)nc(-n4cc(-c5cnccn5)nn4)nc32)O1. The van der Waals surface area contributed by atoms with Gasteiger partial charge in [0.25, 0.3) is 5.95 Å². The molecule has 194 valence electrons. The number of hydrogen-bond donors (Lipinski definition) is 3. The number of rotatable bonds is 7. The normalized spacial score (nSPS) is 19.2. The van der Waals surface area contributed by atoms with Crippen LogP contribution in [0.2, 0.25) is 0 Å². The number of nitrogens with zero attached hydrogens (tertiary/aromatic N) is 10. The third kappa shape index (κ3) is 4.31. The molecule has 1 saturated heterocycles. The van der Waals surface area contributed by atoms with E-state index in [1.54, 1.807) is 35.4 Å². The number of aryl methyl sites for hydroxylation is 1. The molecule has 6 rings (SSSR count). The second-order valence-corrected chi connectivity index (χ2v) is 8.56. The summed E-state index contributed by atoms with van der Waals surface area (Å²) < 4.78 is 14.1. The summed E-state index contributed by atoms with van der Waals surface area (Å²) in [4.78, 5) is 34.2. The van der Waals surface area contributed by atoms with Gasteiger partial charge in [-0.1, -0.05) is 10.4 Å². The second-order valence-electron chi connectivity index (χ2n) is 8.56. The Kier molecular flexibility index (Phi) is 5.93. The quantitative estimate of drug-likeness (QED) is 0.264. The molecule has 1 amide bonds. The fourth-order valence-corrected chi connectivity index (χ4v) is 4.13. The molecule has 5 aromatic rings. The highest BCUT2D eigenvalue weighted by atomic mass is 16.5. The van der Waals surface area contributed by atoms with E-state index in [4.69, 9.17) is 9.26 Å². The molecule has 6 heterocycles. The predicted octanol–water partition coefficient (Wildman–Crippen LogP) is 0.167. The molecule has 1 aliphatic heterocycles. The minimum Gasteiger partial charge on any atom is -0.388 e. The predicted molar refractivity (Wildman–Crippen MR) is 128 cm³/mol. The van der Waals surface area contributed by atoms with E-state index in [2.05, 4.69) is 51.0 Å². The number of ether oxygens (including phenoxy) is 1. The van der Waals surface area contributed by atoms with E-state index in [0.29, 0.717) is 34.1 Å². The Hall–Kier alpha value is -4.83. The van der Waals surface area contributed by atoms with Gasteiger partial charge in [-0.25, -0.2) is 4.98 Å². The number of carbonyl (C=O) groups is 1. The number of aliphatic hydroxyl groups excluding tert-OH is 1. The molecule has 16 nitrogen and oxygen atoms in total. The molecule has 0 radical (unpaired) electrons. The van der Waals surface area contributed by atoms with Crippen LogP contribution in [0.1, 0.15) is 24.1 Å². The average Bonchev–Trinajstić information content (AvgIpc) is 3.73. The number of aliphatic hydroxyl groups is 1. The third-order valence-electron chi connectivity index (χ3n) is 5.94. The fourth-order valence-electron chi connectivity index (χ4n) is 4.13. The van der Waals surface area contributed by atoms with E-state index < -0.39 is 18.4 Å². The summed E-state index contributed by atoms with van der Waals surface area (Å²) >= 11 is 0. The van der Waals surface area contributed by atoms with Crippen molar-refractivity contribution in [3.63, 3.8) is 0 Å². The first-order chi connectivity index (χ1) is 18.5. The summed E-state index contributed by atoms with van der Waals surface area (Å²) in [5.74, 6) is 0.831. The van der Waals surface area contributed by atoms with Gasteiger partial charge in [-0.2, -0.15) is 14.6 Å². The van der Waals surface area contributed by atoms with Crippen LogP contribution in [0.15, 0.2) is 41.7 Å². The smallest absolute Gasteiger partial charge is 0.256 e. The fraction of sp³-hybridized carbons (Fsp3) is 0.318. The van der Waals surface area contributed by atoms with Crippen LogP contribution in [0.25, 0.3) is 28.5 Å². The van der Waals surface area contributed by atoms with E-state index in [1.807, 2.05) is 6.92 Å². The molecular weight excluding hydrogens is 496 g/mol. The highest BCUT2D eigenvalue weighted by Gasteiger charge is 2.39. The molecule has 38 heavy (non-hydrogen) atoms. The molecule has 2 unspecified atom stereocenters. The first-order valence-corrected chi connectivity index (χ1v) is 11.6. The summed E-state index contributed by atoms with van der Waals surface area (Å²) in [5, 5.41) is 28.7. The molecule has 0 spiro atoms. The lowest BCUT2D eigenvalue weighted by Crippen LogP contribution is -2.31. The molecule has 16 heteroatoms. The molecule has 1 aliphatic rings. The number of nitrogens with one attached hydrogen (secondary N) is 2. The van der Waals surface area contributed by atoms with Crippen molar-refractivity contribution in [3.8, 4) is 17.3 Å². The Morgan fingerprint density at radius 1 is 1.24 bits per heavy atom. The van der Waals surface area contributed by atoms with Crippen LogP contribution in [0.4, 0.5) is 5.82 Å². The van der Waals surface area contributed by atoms with Crippen molar-refractivity contribution in [2.45, 2.75) is 38.3 Å². The number of amides is 1. The van der Waals surface area contributed by atoms with Gasteiger partial charge in [0.2, 0.25) is 5.91 Å². The maximum Gasteiger partial charge on any atom is 0.256 e. The molecule has 0 aromatic carbocycles. The number of carbonyl (C=O) groups excluding carboxylic acids is 1. The lowest BCUT2D eigenvalue weighted by molar-refractivity contribution is -0.134. The van der Waals surface area contributed by atoms with E-state index in [0.717, 1.165) is 5.69 Å². The summed E-state index contributed by atoms with van der Waals surface area (Å²) in [7, 11) is 1.51. The molecular formula is C22H22N12O4. The van der Waals surface area contributed by atoms with E-state index >= 15 is 0 Å². The standard InChI is InChI=1S/C22H22N12O4/c1-11-5-12(38-31-11)7-26-18-17-19(33(10-27-17)21-15(35)6-16(37-21)20(36)23-2)29-22(28-18)34-9-14(30-32-34)13-8-24-3-4-25-13/h3-5,8-10,15-16,21,35H,6-7H2,1-2H3,(H,23,36)(H,26,28,29)/t15-,16?,21?/m1/s1. The zero-order valence-corrected chi connectivity index (χ0v) is 20.3. The Bertz CT molecular complexity index is 1600. The van der Waals surface area contributed by atoms with E-state index in [1.165, 1.54) is 18.1 Å². The summed E-state index contributed by atoms with van der Waals surface area (Å²) in [5.41, 5.74) is 2.52. The maximum absolute atomic E-state index is 12.1. The number of aromatic nitrogens is 10. The van der Waals surface area contributed by atoms with Crippen LogP contribution in [0.5, 0.6) is 0 Å². The van der Waals surface area contributed by atoms with Crippen molar-refractivity contribution >= 4 is 22.9 Å². The number of fused-ring (bicyclic) bond motifs is 1. The molecule has 3 atom stereocenters.